The van der Waals surface area contributed by atoms with Crippen molar-refractivity contribution in [1.29, 1.82) is 0 Å². The molecule has 20 heavy (non-hydrogen) atoms. The topological polar surface area (TPSA) is 63.1 Å². The molecular formula is C16H16N2O2. The lowest BCUT2D eigenvalue weighted by atomic mass is 9.68. The molecule has 2 aromatic rings. The number of aromatic nitrogens is 2. The lowest BCUT2D eigenvalue weighted by Crippen LogP contribution is -2.43. The van der Waals surface area contributed by atoms with Gasteiger partial charge in [-0.3, -0.25) is 4.79 Å². The van der Waals surface area contributed by atoms with E-state index in [1.807, 2.05) is 38.1 Å². The summed E-state index contributed by atoms with van der Waals surface area (Å²) < 4.78 is 0. The van der Waals surface area contributed by atoms with Crippen LogP contribution in [0.4, 0.5) is 0 Å². The number of fused-ring (bicyclic) bond motifs is 6. The molecule has 102 valence electrons. The molecule has 1 heterocycles. The average molecular weight is 268 g/mol. The second-order valence-corrected chi connectivity index (χ2v) is 6.47. The number of carbonyl (C=O) groups is 1. The molecule has 4 rings (SSSR count). The minimum atomic E-state index is -0.871. The fraction of sp³-hybridized carbons (Fsp3) is 0.438. The Bertz CT molecular complexity index is 753. The van der Waals surface area contributed by atoms with Crippen molar-refractivity contribution in [2.45, 2.75) is 38.0 Å². The minimum Gasteiger partial charge on any atom is -0.481 e. The molecule has 0 aliphatic heterocycles. The normalized spacial score (nSPS) is 29.6. The molecule has 2 atom stereocenters. The number of benzene rings is 1. The van der Waals surface area contributed by atoms with Crippen LogP contribution in [0.15, 0.2) is 24.3 Å². The first-order valence-electron chi connectivity index (χ1n) is 6.99. The molecule has 0 unspecified atom stereocenters. The first-order valence-corrected chi connectivity index (χ1v) is 6.99. The number of nitrogens with zero attached hydrogens (tertiary/aromatic N) is 2. The van der Waals surface area contributed by atoms with Crippen LogP contribution in [0.2, 0.25) is 0 Å². The quantitative estimate of drug-likeness (QED) is 0.863. The first-order chi connectivity index (χ1) is 9.48. The van der Waals surface area contributed by atoms with Gasteiger partial charge in [-0.05, 0) is 30.4 Å². The Morgan fingerprint density at radius 3 is 2.55 bits per heavy atom. The maximum Gasteiger partial charge on any atom is 0.316 e. The maximum atomic E-state index is 12.0. The van der Waals surface area contributed by atoms with Crippen molar-refractivity contribution in [2.75, 3.05) is 0 Å². The summed E-state index contributed by atoms with van der Waals surface area (Å²) in [6.45, 7) is 4.10. The van der Waals surface area contributed by atoms with Gasteiger partial charge in [0.1, 0.15) is 5.41 Å². The number of carboxylic acid groups (broad SMARTS) is 1. The van der Waals surface area contributed by atoms with Crippen molar-refractivity contribution < 1.29 is 9.90 Å². The van der Waals surface area contributed by atoms with Gasteiger partial charge in [-0.2, -0.15) is 0 Å². The zero-order valence-corrected chi connectivity index (χ0v) is 11.6. The molecule has 0 spiro atoms. The van der Waals surface area contributed by atoms with Crippen LogP contribution in [0.25, 0.3) is 11.0 Å². The summed E-state index contributed by atoms with van der Waals surface area (Å²) in [6, 6.07) is 7.69. The van der Waals surface area contributed by atoms with Crippen molar-refractivity contribution >= 4 is 17.0 Å². The Hall–Kier alpha value is -1.97. The third-order valence-electron chi connectivity index (χ3n) is 5.48. The van der Waals surface area contributed by atoms with E-state index >= 15 is 0 Å². The number of para-hydroxylation sites is 2. The van der Waals surface area contributed by atoms with Gasteiger partial charge in [-0.1, -0.05) is 26.0 Å². The third kappa shape index (κ3) is 1.08. The maximum absolute atomic E-state index is 12.0. The Morgan fingerprint density at radius 1 is 1.25 bits per heavy atom. The summed E-state index contributed by atoms with van der Waals surface area (Å²) in [5.74, 6) is -0.556. The highest BCUT2D eigenvalue weighted by Gasteiger charge is 2.68. The predicted molar refractivity (Wildman–Crippen MR) is 74.6 cm³/mol. The highest BCUT2D eigenvalue weighted by Crippen LogP contribution is 2.67. The van der Waals surface area contributed by atoms with Gasteiger partial charge in [0.2, 0.25) is 0 Å². The fourth-order valence-corrected chi connectivity index (χ4v) is 4.30. The molecular weight excluding hydrogens is 252 g/mol. The Labute approximate surface area is 116 Å². The van der Waals surface area contributed by atoms with E-state index in [1.165, 1.54) is 0 Å². The van der Waals surface area contributed by atoms with E-state index in [1.54, 1.807) is 0 Å². The van der Waals surface area contributed by atoms with Crippen molar-refractivity contribution in [2.24, 2.45) is 5.41 Å². The van der Waals surface area contributed by atoms with E-state index in [0.29, 0.717) is 12.1 Å². The average Bonchev–Trinajstić information content (AvgIpc) is 2.79. The van der Waals surface area contributed by atoms with Crippen molar-refractivity contribution in [3.63, 3.8) is 0 Å². The van der Waals surface area contributed by atoms with Crippen LogP contribution in [0.1, 0.15) is 44.0 Å². The van der Waals surface area contributed by atoms with Gasteiger partial charge >= 0.3 is 5.97 Å². The molecule has 1 aromatic heterocycles. The molecule has 1 fully saturated rings. The molecule has 1 N–H and O–H groups in total. The molecule has 0 radical (unpaired) electrons. The van der Waals surface area contributed by atoms with Crippen LogP contribution < -0.4 is 0 Å². The minimum absolute atomic E-state index is 0.200. The van der Waals surface area contributed by atoms with Gasteiger partial charge in [0, 0.05) is 5.92 Å². The van der Waals surface area contributed by atoms with Gasteiger partial charge in [-0.25, -0.2) is 9.97 Å². The van der Waals surface area contributed by atoms with Crippen molar-refractivity contribution in [3.8, 4) is 0 Å². The third-order valence-corrected chi connectivity index (χ3v) is 5.48. The summed E-state index contributed by atoms with van der Waals surface area (Å²) in [6.07, 6.45) is 1.55. The summed E-state index contributed by atoms with van der Waals surface area (Å²) in [5, 5.41) is 9.88. The second kappa shape index (κ2) is 3.37. The summed E-state index contributed by atoms with van der Waals surface area (Å²) in [7, 11) is 0. The molecule has 2 bridgehead atoms. The van der Waals surface area contributed by atoms with Crippen molar-refractivity contribution in [3.05, 3.63) is 35.7 Å². The molecule has 4 heteroatoms. The molecule has 1 saturated carbocycles. The number of hydrogen-bond donors (Lipinski definition) is 1. The number of carboxylic acids is 1. The van der Waals surface area contributed by atoms with E-state index in [4.69, 9.17) is 4.98 Å². The van der Waals surface area contributed by atoms with Gasteiger partial charge in [-0.15, -0.1) is 0 Å². The molecule has 2 aliphatic rings. The van der Waals surface area contributed by atoms with Crippen LogP contribution in [0, 0.1) is 5.41 Å². The monoisotopic (exact) mass is 268 g/mol. The largest absolute Gasteiger partial charge is 0.481 e. The van der Waals surface area contributed by atoms with Crippen LogP contribution in [0.5, 0.6) is 0 Å². The Kier molecular flexibility index (Phi) is 1.99. The number of rotatable bonds is 1. The summed E-state index contributed by atoms with van der Waals surface area (Å²) in [4.78, 5) is 21.4. The predicted octanol–water partition coefficient (Wildman–Crippen LogP) is 2.87. The molecule has 1 aromatic carbocycles. The highest BCUT2D eigenvalue weighted by molar-refractivity contribution is 5.87. The van der Waals surface area contributed by atoms with E-state index in [0.717, 1.165) is 23.1 Å². The van der Waals surface area contributed by atoms with Crippen LogP contribution in [-0.2, 0) is 10.2 Å². The zero-order valence-electron chi connectivity index (χ0n) is 11.6. The molecule has 4 nitrogen and oxygen atoms in total. The zero-order chi connectivity index (χ0) is 14.1. The van der Waals surface area contributed by atoms with Crippen LogP contribution in [0.3, 0.4) is 0 Å². The van der Waals surface area contributed by atoms with Gasteiger partial charge < -0.3 is 5.11 Å². The number of aliphatic carboxylic acids is 1. The lowest BCUT2D eigenvalue weighted by molar-refractivity contribution is -0.147. The summed E-state index contributed by atoms with van der Waals surface area (Å²) in [5.41, 5.74) is 2.06. The van der Waals surface area contributed by atoms with E-state index < -0.39 is 11.4 Å². The van der Waals surface area contributed by atoms with Crippen LogP contribution in [-0.4, -0.2) is 21.0 Å². The second-order valence-electron chi connectivity index (χ2n) is 6.47. The smallest absolute Gasteiger partial charge is 0.316 e. The Balaban J connectivity index is 2.10. The van der Waals surface area contributed by atoms with Gasteiger partial charge in [0.05, 0.1) is 22.4 Å². The first kappa shape index (κ1) is 11.8. The molecule has 2 aliphatic carbocycles. The fourth-order valence-electron chi connectivity index (χ4n) is 4.30. The van der Waals surface area contributed by atoms with E-state index in [-0.39, 0.29) is 11.3 Å². The molecule has 0 saturated heterocycles. The van der Waals surface area contributed by atoms with E-state index in [9.17, 15) is 9.90 Å². The van der Waals surface area contributed by atoms with Crippen molar-refractivity contribution in [1.82, 2.24) is 9.97 Å². The van der Waals surface area contributed by atoms with E-state index in [2.05, 4.69) is 4.98 Å². The summed E-state index contributed by atoms with van der Waals surface area (Å²) >= 11 is 0. The van der Waals surface area contributed by atoms with Gasteiger partial charge in [0.15, 0.2) is 0 Å². The highest BCUT2D eigenvalue weighted by atomic mass is 16.4. The van der Waals surface area contributed by atoms with Crippen LogP contribution >= 0.6 is 0 Å². The Morgan fingerprint density at radius 2 is 1.90 bits per heavy atom. The lowest BCUT2D eigenvalue weighted by Gasteiger charge is -2.33. The van der Waals surface area contributed by atoms with Gasteiger partial charge in [0.25, 0.3) is 0 Å². The molecule has 0 amide bonds. The SMILES string of the molecule is CC1(C)[C@@H]2CC[C@@]1(C(=O)O)c1nc3ccccc3nc12. The number of hydrogen-bond acceptors (Lipinski definition) is 3. The standard InChI is InChI=1S/C16H16N2O2/c1-15(2)9-7-8-16(15,14(19)20)13-12(9)17-10-5-3-4-6-11(10)18-13/h3-6,9H,7-8H2,1-2H3,(H,19,20)/t9-,16+/m1/s1.